The molecule has 0 saturated carbocycles. The van der Waals surface area contributed by atoms with Crippen molar-refractivity contribution in [2.24, 2.45) is 0 Å². The van der Waals surface area contributed by atoms with Crippen LogP contribution in [0.1, 0.15) is 41.6 Å². The Morgan fingerprint density at radius 3 is 2.28 bits per heavy atom. The molecule has 1 fully saturated rings. The van der Waals surface area contributed by atoms with Gasteiger partial charge in [-0.3, -0.25) is 9.59 Å². The molecule has 1 unspecified atom stereocenters. The summed E-state index contributed by atoms with van der Waals surface area (Å²) < 4.78 is 0. The van der Waals surface area contributed by atoms with Gasteiger partial charge in [0.25, 0.3) is 0 Å². The lowest BCUT2D eigenvalue weighted by Gasteiger charge is -2.24. The molecule has 0 radical (unpaired) electrons. The van der Waals surface area contributed by atoms with Crippen molar-refractivity contribution in [3.8, 4) is 0 Å². The van der Waals surface area contributed by atoms with Gasteiger partial charge in [0.1, 0.15) is 5.60 Å². The molecule has 25 heavy (non-hydrogen) atoms. The smallest absolute Gasteiger partial charge is 0.222 e. The Morgan fingerprint density at radius 2 is 1.60 bits per heavy atom. The van der Waals surface area contributed by atoms with E-state index in [0.717, 1.165) is 5.56 Å². The number of aliphatic hydroxyl groups is 1. The first-order chi connectivity index (χ1) is 12.1. The molecule has 1 N–H and O–H groups in total. The van der Waals surface area contributed by atoms with Crippen molar-refractivity contribution < 1.29 is 14.7 Å². The summed E-state index contributed by atoms with van der Waals surface area (Å²) in [5.41, 5.74) is 0.579. The van der Waals surface area contributed by atoms with Crippen LogP contribution in [0, 0.1) is 0 Å². The molecule has 4 heteroatoms. The Labute approximate surface area is 148 Å². The lowest BCUT2D eigenvalue weighted by molar-refractivity contribution is -0.131. The lowest BCUT2D eigenvalue weighted by atomic mass is 9.93. The van der Waals surface area contributed by atoms with E-state index in [0.29, 0.717) is 44.3 Å². The van der Waals surface area contributed by atoms with Gasteiger partial charge >= 0.3 is 0 Å². The van der Waals surface area contributed by atoms with Gasteiger partial charge in [0.15, 0.2) is 5.78 Å². The summed E-state index contributed by atoms with van der Waals surface area (Å²) in [7, 11) is 0. The quantitative estimate of drug-likeness (QED) is 0.824. The number of ketones is 1. The Morgan fingerprint density at radius 1 is 0.960 bits per heavy atom. The number of β-amino-alcohol motifs (C(OH)–C–C–N with tert-alkyl or cyclic N) is 1. The fourth-order valence-electron chi connectivity index (χ4n) is 3.32. The maximum Gasteiger partial charge on any atom is 0.222 e. The maximum absolute atomic E-state index is 12.4. The summed E-state index contributed by atoms with van der Waals surface area (Å²) in [6, 6.07) is 18.6. The van der Waals surface area contributed by atoms with Crippen molar-refractivity contribution in [2.45, 2.75) is 31.3 Å². The van der Waals surface area contributed by atoms with Gasteiger partial charge < -0.3 is 10.0 Å². The van der Waals surface area contributed by atoms with Crippen LogP contribution in [0.3, 0.4) is 0 Å². The highest BCUT2D eigenvalue weighted by atomic mass is 16.3. The predicted octanol–water partition coefficient (Wildman–Crippen LogP) is 3.16. The highest BCUT2D eigenvalue weighted by Crippen LogP contribution is 2.32. The first kappa shape index (κ1) is 17.4. The molecule has 1 atom stereocenters. The molecule has 130 valence electrons. The number of hydrogen-bond donors (Lipinski definition) is 1. The van der Waals surface area contributed by atoms with Crippen LogP contribution in [0.15, 0.2) is 60.7 Å². The second-order valence-electron chi connectivity index (χ2n) is 6.61. The molecule has 0 aromatic heterocycles. The molecule has 1 amide bonds. The zero-order valence-corrected chi connectivity index (χ0v) is 14.2. The van der Waals surface area contributed by atoms with Crippen LogP contribution in [0.2, 0.25) is 0 Å². The molecule has 0 spiro atoms. The van der Waals surface area contributed by atoms with Crippen LogP contribution in [-0.2, 0) is 10.4 Å². The number of benzene rings is 2. The molecule has 1 aliphatic rings. The standard InChI is InChI=1S/C21H23NO3/c23-19(17-8-3-1-4-9-17)12-7-13-20(24)22-15-14-21(25,16-22)18-10-5-2-6-11-18/h1-6,8-11,25H,7,12-16H2. The van der Waals surface area contributed by atoms with E-state index in [2.05, 4.69) is 0 Å². The summed E-state index contributed by atoms with van der Waals surface area (Å²) in [4.78, 5) is 26.2. The number of nitrogens with zero attached hydrogens (tertiary/aromatic N) is 1. The third-order valence-electron chi connectivity index (χ3n) is 4.80. The average molecular weight is 337 g/mol. The summed E-state index contributed by atoms with van der Waals surface area (Å²) in [5, 5.41) is 10.8. The van der Waals surface area contributed by atoms with Crippen molar-refractivity contribution in [3.63, 3.8) is 0 Å². The summed E-state index contributed by atoms with van der Waals surface area (Å²) in [5.74, 6) is 0.0725. The number of Topliss-reactive ketones (excluding diaryl/α,β-unsaturated/α-hetero) is 1. The first-order valence-electron chi connectivity index (χ1n) is 8.72. The maximum atomic E-state index is 12.4. The van der Waals surface area contributed by atoms with Crippen molar-refractivity contribution in [1.29, 1.82) is 0 Å². The zero-order chi connectivity index (χ0) is 17.7. The fourth-order valence-corrected chi connectivity index (χ4v) is 3.32. The molecule has 1 heterocycles. The minimum absolute atomic E-state index is 0.00715. The SMILES string of the molecule is O=C(CCCC(=O)N1CCC(O)(c2ccccc2)C1)c1ccccc1. The largest absolute Gasteiger partial charge is 0.383 e. The number of rotatable bonds is 6. The molecule has 0 bridgehead atoms. The molecular formula is C21H23NO3. The molecular weight excluding hydrogens is 314 g/mol. The van der Waals surface area contributed by atoms with Crippen LogP contribution in [0.25, 0.3) is 0 Å². The number of likely N-dealkylation sites (tertiary alicyclic amines) is 1. The van der Waals surface area contributed by atoms with E-state index >= 15 is 0 Å². The third-order valence-corrected chi connectivity index (χ3v) is 4.80. The van der Waals surface area contributed by atoms with Gasteiger partial charge in [0, 0.05) is 24.9 Å². The topological polar surface area (TPSA) is 57.6 Å². The van der Waals surface area contributed by atoms with Gasteiger partial charge in [0.05, 0.1) is 6.54 Å². The summed E-state index contributed by atoms with van der Waals surface area (Å²) in [6.45, 7) is 0.874. The van der Waals surface area contributed by atoms with E-state index in [9.17, 15) is 14.7 Å². The summed E-state index contributed by atoms with van der Waals surface area (Å²) in [6.07, 6.45) is 1.79. The second kappa shape index (κ2) is 7.62. The van der Waals surface area contributed by atoms with Crippen molar-refractivity contribution in [1.82, 2.24) is 4.90 Å². The molecule has 1 saturated heterocycles. The van der Waals surface area contributed by atoms with E-state index in [1.807, 2.05) is 48.5 Å². The third kappa shape index (κ3) is 4.15. The monoisotopic (exact) mass is 337 g/mol. The van der Waals surface area contributed by atoms with Crippen LogP contribution in [0.4, 0.5) is 0 Å². The van der Waals surface area contributed by atoms with Crippen LogP contribution < -0.4 is 0 Å². The number of amides is 1. The van der Waals surface area contributed by atoms with Crippen LogP contribution in [0.5, 0.6) is 0 Å². The number of carbonyl (C=O) groups excluding carboxylic acids is 2. The Hall–Kier alpha value is -2.46. The lowest BCUT2D eigenvalue weighted by Crippen LogP contribution is -2.34. The Kier molecular flexibility index (Phi) is 5.29. The highest BCUT2D eigenvalue weighted by molar-refractivity contribution is 5.96. The first-order valence-corrected chi connectivity index (χ1v) is 8.72. The van der Waals surface area contributed by atoms with E-state index in [-0.39, 0.29) is 11.7 Å². The normalized spacial score (nSPS) is 19.8. The number of carbonyl (C=O) groups is 2. The second-order valence-corrected chi connectivity index (χ2v) is 6.61. The van der Waals surface area contributed by atoms with Gasteiger partial charge in [-0.15, -0.1) is 0 Å². The van der Waals surface area contributed by atoms with E-state index < -0.39 is 5.60 Å². The summed E-state index contributed by atoms with van der Waals surface area (Å²) >= 11 is 0. The molecule has 3 rings (SSSR count). The zero-order valence-electron chi connectivity index (χ0n) is 14.2. The molecule has 2 aromatic carbocycles. The van der Waals surface area contributed by atoms with Crippen LogP contribution in [-0.4, -0.2) is 34.8 Å². The Balaban J connectivity index is 1.49. The average Bonchev–Trinajstić information content (AvgIpc) is 3.07. The minimum atomic E-state index is -0.962. The van der Waals surface area contributed by atoms with Gasteiger partial charge in [-0.2, -0.15) is 0 Å². The van der Waals surface area contributed by atoms with Crippen molar-refractivity contribution in [2.75, 3.05) is 13.1 Å². The van der Waals surface area contributed by atoms with E-state index in [4.69, 9.17) is 0 Å². The fraction of sp³-hybridized carbons (Fsp3) is 0.333. The van der Waals surface area contributed by atoms with Gasteiger partial charge in [-0.1, -0.05) is 60.7 Å². The molecule has 4 nitrogen and oxygen atoms in total. The number of hydrogen-bond acceptors (Lipinski definition) is 3. The highest BCUT2D eigenvalue weighted by Gasteiger charge is 2.39. The molecule has 0 aliphatic carbocycles. The Bertz CT molecular complexity index is 729. The van der Waals surface area contributed by atoms with Crippen molar-refractivity contribution in [3.05, 3.63) is 71.8 Å². The minimum Gasteiger partial charge on any atom is -0.383 e. The van der Waals surface area contributed by atoms with Gasteiger partial charge in [-0.05, 0) is 18.4 Å². The predicted molar refractivity (Wildman–Crippen MR) is 96.2 cm³/mol. The molecule has 2 aromatic rings. The van der Waals surface area contributed by atoms with Crippen LogP contribution >= 0.6 is 0 Å². The van der Waals surface area contributed by atoms with E-state index in [1.54, 1.807) is 17.0 Å². The van der Waals surface area contributed by atoms with Gasteiger partial charge in [-0.25, -0.2) is 0 Å². The molecule has 1 aliphatic heterocycles. The van der Waals surface area contributed by atoms with Crippen molar-refractivity contribution >= 4 is 11.7 Å². The van der Waals surface area contributed by atoms with Gasteiger partial charge in [0.2, 0.25) is 5.91 Å². The van der Waals surface area contributed by atoms with E-state index in [1.165, 1.54) is 0 Å².